The minimum atomic E-state index is -0.575. The fraction of sp³-hybridized carbons (Fsp3) is 0.526. The van der Waals surface area contributed by atoms with Gasteiger partial charge in [0.25, 0.3) is 5.91 Å². The molecule has 2 fully saturated rings. The third-order valence-electron chi connectivity index (χ3n) is 5.93. The van der Waals surface area contributed by atoms with Gasteiger partial charge in [0, 0.05) is 34.5 Å². The van der Waals surface area contributed by atoms with Gasteiger partial charge in [0.05, 0.1) is 11.2 Å². The molecule has 0 bridgehead atoms. The van der Waals surface area contributed by atoms with E-state index in [0.717, 1.165) is 47.9 Å². The molecule has 0 spiro atoms. The molecule has 122 valence electrons. The van der Waals surface area contributed by atoms with Crippen LogP contribution in [-0.2, 0) is 0 Å². The van der Waals surface area contributed by atoms with Crippen molar-refractivity contribution in [3.63, 3.8) is 0 Å². The van der Waals surface area contributed by atoms with Crippen LogP contribution in [0.15, 0.2) is 29.6 Å². The predicted molar refractivity (Wildman–Crippen MR) is 93.8 cm³/mol. The van der Waals surface area contributed by atoms with Gasteiger partial charge in [-0.25, -0.2) is 0 Å². The van der Waals surface area contributed by atoms with Crippen LogP contribution in [0.1, 0.15) is 43.0 Å². The highest BCUT2D eigenvalue weighted by Gasteiger charge is 2.48. The second-order valence-electron chi connectivity index (χ2n) is 7.07. The van der Waals surface area contributed by atoms with Gasteiger partial charge in [0.15, 0.2) is 0 Å². The zero-order valence-electron chi connectivity index (χ0n) is 13.5. The van der Waals surface area contributed by atoms with Gasteiger partial charge in [-0.2, -0.15) is 0 Å². The van der Waals surface area contributed by atoms with E-state index in [1.54, 1.807) is 11.3 Å². The van der Waals surface area contributed by atoms with E-state index in [1.807, 2.05) is 28.5 Å². The van der Waals surface area contributed by atoms with Crippen LogP contribution >= 0.6 is 11.3 Å². The Morgan fingerprint density at radius 2 is 2.22 bits per heavy atom. The Labute approximate surface area is 140 Å². The van der Waals surface area contributed by atoms with Gasteiger partial charge in [-0.1, -0.05) is 31.5 Å². The molecular formula is C19H23NO2S. The fourth-order valence-corrected chi connectivity index (χ4v) is 5.48. The monoisotopic (exact) mass is 329 g/mol. The number of aliphatic hydroxyl groups is 1. The van der Waals surface area contributed by atoms with E-state index in [1.165, 1.54) is 0 Å². The minimum absolute atomic E-state index is 0.135. The number of rotatable bonds is 2. The third-order valence-corrected chi connectivity index (χ3v) is 6.89. The summed E-state index contributed by atoms with van der Waals surface area (Å²) >= 11 is 1.63. The molecule has 1 aliphatic heterocycles. The molecule has 1 aromatic heterocycles. The minimum Gasteiger partial charge on any atom is -0.390 e. The van der Waals surface area contributed by atoms with Crippen molar-refractivity contribution in [3.05, 3.63) is 35.2 Å². The Morgan fingerprint density at radius 1 is 1.39 bits per heavy atom. The topological polar surface area (TPSA) is 40.5 Å². The third kappa shape index (κ3) is 2.39. The molecule has 2 heterocycles. The lowest BCUT2D eigenvalue weighted by atomic mass is 9.69. The number of likely N-dealkylation sites (tertiary alicyclic amines) is 1. The molecule has 2 aliphatic rings. The number of thiophene rings is 1. The number of hydrogen-bond acceptors (Lipinski definition) is 3. The Kier molecular flexibility index (Phi) is 3.69. The molecule has 23 heavy (non-hydrogen) atoms. The molecular weight excluding hydrogens is 306 g/mol. The van der Waals surface area contributed by atoms with Crippen molar-refractivity contribution in [2.45, 2.75) is 38.2 Å². The molecule has 3 nitrogen and oxygen atoms in total. The van der Waals surface area contributed by atoms with Crippen molar-refractivity contribution in [2.75, 3.05) is 13.1 Å². The van der Waals surface area contributed by atoms with Gasteiger partial charge in [0.1, 0.15) is 0 Å². The van der Waals surface area contributed by atoms with Crippen LogP contribution in [0.4, 0.5) is 0 Å². The Bertz CT molecular complexity index is 740. The largest absolute Gasteiger partial charge is 0.390 e. The highest BCUT2D eigenvalue weighted by atomic mass is 32.1. The zero-order valence-corrected chi connectivity index (χ0v) is 14.3. The molecule has 2 aromatic rings. The number of amides is 1. The van der Waals surface area contributed by atoms with Gasteiger partial charge < -0.3 is 10.0 Å². The summed E-state index contributed by atoms with van der Waals surface area (Å²) in [5, 5.41) is 14.0. The first-order valence-corrected chi connectivity index (χ1v) is 9.48. The number of carbonyl (C=O) groups excluding carboxylic acids is 1. The lowest BCUT2D eigenvalue weighted by Crippen LogP contribution is -2.44. The lowest BCUT2D eigenvalue weighted by Gasteiger charge is -2.40. The van der Waals surface area contributed by atoms with Crippen LogP contribution in [0.3, 0.4) is 0 Å². The first-order valence-electron chi connectivity index (χ1n) is 8.60. The average Bonchev–Trinajstić information content (AvgIpc) is 3.19. The maximum absolute atomic E-state index is 13.0. The summed E-state index contributed by atoms with van der Waals surface area (Å²) < 4.78 is 1.16. The number of benzene rings is 1. The van der Waals surface area contributed by atoms with Crippen LogP contribution in [0, 0.1) is 11.8 Å². The van der Waals surface area contributed by atoms with Crippen molar-refractivity contribution < 1.29 is 9.90 Å². The van der Waals surface area contributed by atoms with E-state index in [2.05, 4.69) is 13.0 Å². The van der Waals surface area contributed by atoms with Crippen LogP contribution in [0.2, 0.25) is 0 Å². The molecule has 1 saturated heterocycles. The van der Waals surface area contributed by atoms with E-state index in [-0.39, 0.29) is 11.8 Å². The van der Waals surface area contributed by atoms with E-state index < -0.39 is 5.60 Å². The molecule has 0 radical (unpaired) electrons. The summed E-state index contributed by atoms with van der Waals surface area (Å²) in [5.74, 6) is 0.841. The predicted octanol–water partition coefficient (Wildman–Crippen LogP) is 3.91. The summed E-state index contributed by atoms with van der Waals surface area (Å²) in [4.78, 5) is 15.0. The first kappa shape index (κ1) is 15.2. The molecule has 1 amide bonds. The van der Waals surface area contributed by atoms with Crippen molar-refractivity contribution in [1.29, 1.82) is 0 Å². The number of hydrogen-bond donors (Lipinski definition) is 1. The molecule has 1 aliphatic carbocycles. The van der Waals surface area contributed by atoms with E-state index >= 15 is 0 Å². The van der Waals surface area contributed by atoms with Gasteiger partial charge in [-0.05, 0) is 31.2 Å². The standard InChI is InChI=1S/C19H23NO2S/c1-2-19(22)9-5-6-13-10-20(11-16(13)19)18(21)15-12-23-17-8-4-3-7-14(15)17/h3-4,7-8,12-13,16,22H,2,5-6,9-11H2,1H3/t13-,16+,19-/m1/s1. The lowest BCUT2D eigenvalue weighted by molar-refractivity contribution is -0.0609. The Hall–Kier alpha value is -1.39. The summed E-state index contributed by atoms with van der Waals surface area (Å²) in [5.41, 5.74) is 0.249. The van der Waals surface area contributed by atoms with Gasteiger partial charge in [-0.3, -0.25) is 4.79 Å². The van der Waals surface area contributed by atoms with Crippen molar-refractivity contribution in [2.24, 2.45) is 11.8 Å². The second kappa shape index (κ2) is 5.60. The summed E-state index contributed by atoms with van der Waals surface area (Å²) in [7, 11) is 0. The fourth-order valence-electron chi connectivity index (χ4n) is 4.55. The SMILES string of the molecule is CC[C@@]1(O)CCC[C@@H]2CN(C(=O)c3csc4ccccc34)C[C@@H]21. The van der Waals surface area contributed by atoms with Gasteiger partial charge in [0.2, 0.25) is 0 Å². The van der Waals surface area contributed by atoms with Crippen LogP contribution < -0.4 is 0 Å². The Balaban J connectivity index is 1.61. The Morgan fingerprint density at radius 3 is 3.04 bits per heavy atom. The highest BCUT2D eigenvalue weighted by molar-refractivity contribution is 7.17. The van der Waals surface area contributed by atoms with E-state index in [9.17, 15) is 9.90 Å². The molecule has 0 unspecified atom stereocenters. The van der Waals surface area contributed by atoms with Crippen molar-refractivity contribution in [1.82, 2.24) is 4.90 Å². The van der Waals surface area contributed by atoms with Gasteiger partial charge >= 0.3 is 0 Å². The molecule has 3 atom stereocenters. The van der Waals surface area contributed by atoms with Gasteiger partial charge in [-0.15, -0.1) is 11.3 Å². The highest BCUT2D eigenvalue weighted by Crippen LogP contribution is 2.44. The van der Waals surface area contributed by atoms with Crippen molar-refractivity contribution in [3.8, 4) is 0 Å². The normalized spacial score (nSPS) is 30.6. The summed E-state index contributed by atoms with van der Waals surface area (Å²) in [6.07, 6.45) is 3.89. The number of fused-ring (bicyclic) bond motifs is 2. The second-order valence-corrected chi connectivity index (χ2v) is 7.98. The molecule has 4 rings (SSSR count). The average molecular weight is 329 g/mol. The maximum Gasteiger partial charge on any atom is 0.255 e. The first-order chi connectivity index (χ1) is 11.1. The quantitative estimate of drug-likeness (QED) is 0.907. The number of nitrogens with zero attached hydrogens (tertiary/aromatic N) is 1. The smallest absolute Gasteiger partial charge is 0.255 e. The summed E-state index contributed by atoms with van der Waals surface area (Å²) in [6, 6.07) is 8.10. The van der Waals surface area contributed by atoms with Crippen LogP contribution in [0.5, 0.6) is 0 Å². The van der Waals surface area contributed by atoms with Crippen molar-refractivity contribution >= 4 is 27.3 Å². The van der Waals surface area contributed by atoms with Crippen LogP contribution in [-0.4, -0.2) is 34.6 Å². The van der Waals surface area contributed by atoms with Crippen LogP contribution in [0.25, 0.3) is 10.1 Å². The zero-order chi connectivity index (χ0) is 16.0. The van der Waals surface area contributed by atoms with E-state index in [4.69, 9.17) is 0 Å². The maximum atomic E-state index is 13.0. The number of carbonyl (C=O) groups is 1. The summed E-state index contributed by atoms with van der Waals surface area (Å²) in [6.45, 7) is 3.58. The molecule has 4 heteroatoms. The van der Waals surface area contributed by atoms with E-state index in [0.29, 0.717) is 12.5 Å². The molecule has 1 aromatic carbocycles. The molecule has 1 saturated carbocycles. The molecule has 1 N–H and O–H groups in total.